The van der Waals surface area contributed by atoms with Crippen molar-refractivity contribution < 1.29 is 19.3 Å². The summed E-state index contributed by atoms with van der Waals surface area (Å²) in [6.45, 7) is 7.30. The molecule has 1 aliphatic heterocycles. The molecule has 88 valence electrons. The number of hydrogen-bond acceptors (Lipinski definition) is 4. The Morgan fingerprint density at radius 1 is 1.40 bits per heavy atom. The maximum atomic E-state index is 10.8. The number of Topliss-reactive ketones (excluding diaryl/α,β-unsaturated/α-hetero) is 1. The lowest BCUT2D eigenvalue weighted by atomic mass is 10.0. The number of alkyl halides is 1. The van der Waals surface area contributed by atoms with Crippen molar-refractivity contribution >= 4 is 28.4 Å². The van der Waals surface area contributed by atoms with Crippen LogP contribution in [0.2, 0.25) is 0 Å². The molecule has 0 aliphatic carbocycles. The lowest BCUT2D eigenvalue weighted by molar-refractivity contribution is -0.484. The van der Waals surface area contributed by atoms with Crippen molar-refractivity contribution in [2.45, 2.75) is 56.0 Å². The van der Waals surface area contributed by atoms with Gasteiger partial charge in [-0.15, -0.1) is 0 Å². The molecule has 1 aliphatic rings. The highest BCUT2D eigenvalue weighted by Crippen LogP contribution is 2.41. The van der Waals surface area contributed by atoms with Crippen LogP contribution in [0.4, 0.5) is 0 Å². The van der Waals surface area contributed by atoms with Gasteiger partial charge >= 0.3 is 0 Å². The van der Waals surface area contributed by atoms with Gasteiger partial charge in [0.15, 0.2) is 9.90 Å². The maximum absolute atomic E-state index is 10.8. The van der Waals surface area contributed by atoms with Crippen LogP contribution in [0.3, 0.4) is 0 Å². The molecule has 0 N–H and O–H groups in total. The van der Waals surface area contributed by atoms with Gasteiger partial charge < -0.3 is 9.53 Å². The van der Waals surface area contributed by atoms with Gasteiger partial charge in [-0.25, -0.2) is 9.78 Å². The summed E-state index contributed by atoms with van der Waals surface area (Å²) in [6, 6.07) is 0. The Morgan fingerprint density at radius 3 is 2.47 bits per heavy atom. The van der Waals surface area contributed by atoms with Crippen molar-refractivity contribution in [2.24, 2.45) is 0 Å². The summed E-state index contributed by atoms with van der Waals surface area (Å²) in [7, 11) is 0. The van der Waals surface area contributed by atoms with Gasteiger partial charge in [-0.1, -0.05) is 0 Å². The number of carbonyl (C=O) groups excluding carboxylic acids is 1. The van der Waals surface area contributed by atoms with Crippen LogP contribution in [-0.4, -0.2) is 21.3 Å². The molecule has 0 aromatic heterocycles. The van der Waals surface area contributed by atoms with Gasteiger partial charge in [-0.3, -0.25) is 0 Å². The van der Waals surface area contributed by atoms with Gasteiger partial charge in [0.05, 0.1) is 0 Å². The average Bonchev–Trinajstić information content (AvgIpc) is 2.07. The fourth-order valence-corrected chi connectivity index (χ4v) is 1.46. The summed E-state index contributed by atoms with van der Waals surface area (Å²) < 4.78 is 5.27. The first kappa shape index (κ1) is 13.3. The summed E-state index contributed by atoms with van der Waals surface area (Å²) in [4.78, 5) is 21.2. The Labute approximate surface area is 104 Å². The minimum atomic E-state index is -0.500. The fraction of sp³-hybridized carbons (Fsp3) is 0.900. The van der Waals surface area contributed by atoms with Crippen LogP contribution >= 0.6 is 22.6 Å². The van der Waals surface area contributed by atoms with E-state index in [0.717, 1.165) is 0 Å². The molecule has 1 fully saturated rings. The summed E-state index contributed by atoms with van der Waals surface area (Å²) in [5.41, 5.74) is -0.500. The molecular formula is C10H17IO4. The molecule has 0 spiro atoms. The third-order valence-electron chi connectivity index (χ3n) is 2.52. The van der Waals surface area contributed by atoms with E-state index in [0.29, 0.717) is 12.8 Å². The second kappa shape index (κ2) is 4.65. The number of carbonyl (C=O) groups is 1. The Morgan fingerprint density at radius 2 is 2.00 bits per heavy atom. The molecular weight excluding hydrogens is 311 g/mol. The van der Waals surface area contributed by atoms with Crippen LogP contribution < -0.4 is 0 Å². The van der Waals surface area contributed by atoms with Gasteiger partial charge in [0.1, 0.15) is 11.4 Å². The van der Waals surface area contributed by atoms with E-state index in [9.17, 15) is 4.79 Å². The van der Waals surface area contributed by atoms with Gasteiger partial charge in [-0.2, -0.15) is 0 Å². The van der Waals surface area contributed by atoms with Crippen molar-refractivity contribution in [2.75, 3.05) is 0 Å². The normalized spacial score (nSPS) is 35.1. The molecule has 0 saturated carbocycles. The van der Waals surface area contributed by atoms with Crippen LogP contribution in [0.15, 0.2) is 0 Å². The highest BCUT2D eigenvalue weighted by atomic mass is 127. The summed E-state index contributed by atoms with van der Waals surface area (Å²) in [6.07, 6.45) is 0.523. The molecule has 0 bridgehead atoms. The zero-order valence-corrected chi connectivity index (χ0v) is 11.7. The number of hydrogen-bond donors (Lipinski definition) is 0. The fourth-order valence-electron chi connectivity index (χ4n) is 1.08. The van der Waals surface area contributed by atoms with Crippen molar-refractivity contribution in [3.05, 3.63) is 0 Å². The highest BCUT2D eigenvalue weighted by Gasteiger charge is 2.48. The molecule has 2 unspecified atom stereocenters. The molecule has 4 nitrogen and oxygen atoms in total. The molecule has 1 saturated heterocycles. The van der Waals surface area contributed by atoms with Crippen LogP contribution in [0.25, 0.3) is 0 Å². The van der Waals surface area contributed by atoms with Crippen LogP contribution in [0.1, 0.15) is 40.5 Å². The Hall–Kier alpha value is 0.280. The predicted octanol–water partition coefficient (Wildman–Crippen LogP) is 2.59. The van der Waals surface area contributed by atoms with E-state index in [2.05, 4.69) is 22.6 Å². The first-order chi connectivity index (χ1) is 6.74. The maximum Gasteiger partial charge on any atom is 0.193 e. The minimum Gasteiger partial charge on any atom is -0.330 e. The smallest absolute Gasteiger partial charge is 0.193 e. The van der Waals surface area contributed by atoms with E-state index in [-0.39, 0.29) is 5.78 Å². The van der Waals surface area contributed by atoms with Gasteiger partial charge in [0.2, 0.25) is 0 Å². The zero-order valence-electron chi connectivity index (χ0n) is 9.50. The molecule has 15 heavy (non-hydrogen) atoms. The molecule has 0 aromatic rings. The first-order valence-corrected chi connectivity index (χ1v) is 6.03. The van der Waals surface area contributed by atoms with Crippen LogP contribution in [0, 0.1) is 0 Å². The Kier molecular flexibility index (Phi) is 4.13. The Balaban J connectivity index is 2.51. The number of ether oxygens (including phenoxy) is 1. The second-order valence-corrected chi connectivity index (χ2v) is 6.45. The summed E-state index contributed by atoms with van der Waals surface area (Å²) in [5, 5.41) is 0. The van der Waals surface area contributed by atoms with E-state index >= 15 is 0 Å². The molecule has 0 radical (unpaired) electrons. The summed E-state index contributed by atoms with van der Waals surface area (Å²) >= 11 is 2.19. The zero-order chi connectivity index (χ0) is 11.7. The van der Waals surface area contributed by atoms with Crippen molar-refractivity contribution in [3.63, 3.8) is 0 Å². The van der Waals surface area contributed by atoms with E-state index in [1.165, 1.54) is 0 Å². The minimum absolute atomic E-state index is 0.127. The average molecular weight is 328 g/mol. The summed E-state index contributed by atoms with van der Waals surface area (Å²) in [5.74, 6) is 0.127. The van der Waals surface area contributed by atoms with Gasteiger partial charge in [0, 0.05) is 12.8 Å². The standard InChI is InChI=1S/C10H17IO4/c1-7(12)5-6-8-13-10(4,11)9(2,3)15-14-8/h8H,5-6H2,1-4H3. The topological polar surface area (TPSA) is 44.8 Å². The SMILES string of the molecule is CC(=O)CCC1OOC(C)(C)C(C)(I)O1. The number of ketones is 1. The molecule has 1 heterocycles. The highest BCUT2D eigenvalue weighted by molar-refractivity contribution is 14.1. The second-order valence-electron chi connectivity index (χ2n) is 4.39. The number of rotatable bonds is 3. The van der Waals surface area contributed by atoms with Crippen molar-refractivity contribution in [3.8, 4) is 0 Å². The van der Waals surface area contributed by atoms with Gasteiger partial charge in [-0.05, 0) is 50.3 Å². The monoisotopic (exact) mass is 328 g/mol. The Bertz CT molecular complexity index is 250. The lowest BCUT2D eigenvalue weighted by Crippen LogP contribution is -2.54. The molecule has 5 heteroatoms. The van der Waals surface area contributed by atoms with E-state index < -0.39 is 15.5 Å². The molecule has 0 aromatic carbocycles. The van der Waals surface area contributed by atoms with Crippen molar-refractivity contribution in [1.29, 1.82) is 0 Å². The van der Waals surface area contributed by atoms with Crippen LogP contribution in [0.5, 0.6) is 0 Å². The molecule has 2 atom stereocenters. The first-order valence-electron chi connectivity index (χ1n) is 4.95. The quantitative estimate of drug-likeness (QED) is 0.454. The third kappa shape index (κ3) is 3.37. The van der Waals surface area contributed by atoms with Gasteiger partial charge in [0.25, 0.3) is 0 Å². The predicted molar refractivity (Wildman–Crippen MR) is 63.5 cm³/mol. The van der Waals surface area contributed by atoms with Crippen LogP contribution in [-0.2, 0) is 19.3 Å². The largest absolute Gasteiger partial charge is 0.330 e. The van der Waals surface area contributed by atoms with E-state index in [4.69, 9.17) is 14.5 Å². The van der Waals surface area contributed by atoms with E-state index in [1.54, 1.807) is 6.92 Å². The lowest BCUT2D eigenvalue weighted by Gasteiger charge is -2.44. The number of halogens is 1. The molecule has 1 rings (SSSR count). The van der Waals surface area contributed by atoms with Crippen molar-refractivity contribution in [1.82, 2.24) is 0 Å². The third-order valence-corrected chi connectivity index (χ3v) is 4.08. The molecule has 0 amide bonds. The van der Waals surface area contributed by atoms with E-state index in [1.807, 2.05) is 20.8 Å².